The molecule has 1 aliphatic heterocycles. The maximum Gasteiger partial charge on any atom is 0.274 e. The predicted octanol–water partition coefficient (Wildman–Crippen LogP) is 3.51. The van der Waals surface area contributed by atoms with Crippen LogP contribution in [0.5, 0.6) is 0 Å². The number of hydrogen-bond donors (Lipinski definition) is 0. The molecule has 6 nitrogen and oxygen atoms in total. The van der Waals surface area contributed by atoms with Gasteiger partial charge in [-0.1, -0.05) is 11.6 Å². The summed E-state index contributed by atoms with van der Waals surface area (Å²) in [6.07, 6.45) is 5.34. The molecule has 0 saturated heterocycles. The van der Waals surface area contributed by atoms with Crippen LogP contribution in [0.1, 0.15) is 16.2 Å². The predicted molar refractivity (Wildman–Crippen MR) is 103 cm³/mol. The fraction of sp³-hybridized carbons (Fsp3) is 0.150. The van der Waals surface area contributed by atoms with E-state index < -0.39 is 0 Å². The molecule has 1 amide bonds. The van der Waals surface area contributed by atoms with Crippen LogP contribution in [-0.4, -0.2) is 36.5 Å². The smallest absolute Gasteiger partial charge is 0.274 e. The summed E-state index contributed by atoms with van der Waals surface area (Å²) < 4.78 is 3.90. The van der Waals surface area contributed by atoms with Gasteiger partial charge >= 0.3 is 0 Å². The Morgan fingerprint density at radius 3 is 2.89 bits per heavy atom. The molecule has 0 spiro atoms. The van der Waals surface area contributed by atoms with Crippen molar-refractivity contribution in [3.8, 4) is 11.3 Å². The molecular formula is C20H16ClN5O. The van der Waals surface area contributed by atoms with E-state index in [2.05, 4.69) is 32.8 Å². The van der Waals surface area contributed by atoms with Gasteiger partial charge in [0.25, 0.3) is 5.91 Å². The number of hydrogen-bond acceptors (Lipinski definition) is 3. The van der Waals surface area contributed by atoms with Crippen LogP contribution >= 0.6 is 11.6 Å². The van der Waals surface area contributed by atoms with Crippen LogP contribution in [0.3, 0.4) is 0 Å². The summed E-state index contributed by atoms with van der Waals surface area (Å²) in [5, 5.41) is 4.97. The quantitative estimate of drug-likeness (QED) is 0.537. The van der Waals surface area contributed by atoms with Crippen LogP contribution < -0.4 is 0 Å². The summed E-state index contributed by atoms with van der Waals surface area (Å²) in [7, 11) is 0. The van der Waals surface area contributed by atoms with Crippen molar-refractivity contribution in [1.29, 1.82) is 0 Å². The van der Waals surface area contributed by atoms with E-state index in [1.54, 1.807) is 29.0 Å². The first-order chi connectivity index (χ1) is 13.2. The summed E-state index contributed by atoms with van der Waals surface area (Å²) in [6.45, 7) is 1.95. The molecule has 4 aromatic rings. The summed E-state index contributed by atoms with van der Waals surface area (Å²) in [6, 6.07) is 13.6. The third kappa shape index (κ3) is 2.78. The Bertz CT molecular complexity index is 1150. The van der Waals surface area contributed by atoms with E-state index in [9.17, 15) is 4.79 Å². The second-order valence-electron chi connectivity index (χ2n) is 6.58. The third-order valence-corrected chi connectivity index (χ3v) is 5.13. The zero-order valence-corrected chi connectivity index (χ0v) is 15.2. The lowest BCUT2D eigenvalue weighted by Crippen LogP contribution is -2.38. The van der Waals surface area contributed by atoms with E-state index in [0.717, 1.165) is 29.0 Å². The fourth-order valence-electron chi connectivity index (χ4n) is 3.58. The van der Waals surface area contributed by atoms with Gasteiger partial charge in [-0.3, -0.25) is 9.78 Å². The highest BCUT2D eigenvalue weighted by molar-refractivity contribution is 6.30. The number of carbonyl (C=O) groups is 1. The van der Waals surface area contributed by atoms with Gasteiger partial charge in [-0.25, -0.2) is 4.52 Å². The van der Waals surface area contributed by atoms with Crippen LogP contribution in [0.2, 0.25) is 5.02 Å². The molecular weight excluding hydrogens is 362 g/mol. The van der Waals surface area contributed by atoms with Crippen molar-refractivity contribution in [2.75, 3.05) is 6.54 Å². The average Bonchev–Trinajstić information content (AvgIpc) is 3.31. The highest BCUT2D eigenvalue weighted by Gasteiger charge is 2.25. The first-order valence-electron chi connectivity index (χ1n) is 8.72. The topological polar surface area (TPSA) is 55.4 Å². The molecule has 0 unspecified atom stereocenters. The van der Waals surface area contributed by atoms with Gasteiger partial charge in [0.05, 0.1) is 17.1 Å². The van der Waals surface area contributed by atoms with Crippen LogP contribution in [0.15, 0.2) is 61.1 Å². The van der Waals surface area contributed by atoms with E-state index in [0.29, 0.717) is 23.8 Å². The monoisotopic (exact) mass is 377 g/mol. The van der Waals surface area contributed by atoms with Gasteiger partial charge in [0.2, 0.25) is 0 Å². The van der Waals surface area contributed by atoms with Crippen molar-refractivity contribution in [2.24, 2.45) is 0 Å². The SMILES string of the molecule is O=C(c1cc2ccc(Cl)cn2n1)N1CCn2c(ccc2-c2cccnc2)C1. The fourth-order valence-corrected chi connectivity index (χ4v) is 3.73. The number of amides is 1. The lowest BCUT2D eigenvalue weighted by atomic mass is 10.2. The first kappa shape index (κ1) is 16.1. The molecule has 27 heavy (non-hydrogen) atoms. The Kier molecular flexibility index (Phi) is 3.72. The highest BCUT2D eigenvalue weighted by Crippen LogP contribution is 2.26. The van der Waals surface area contributed by atoms with Crippen molar-refractivity contribution in [3.05, 3.63) is 77.5 Å². The van der Waals surface area contributed by atoms with Gasteiger partial charge in [0.15, 0.2) is 5.69 Å². The number of pyridine rings is 2. The lowest BCUT2D eigenvalue weighted by Gasteiger charge is -2.29. The van der Waals surface area contributed by atoms with E-state index in [4.69, 9.17) is 11.6 Å². The van der Waals surface area contributed by atoms with Crippen molar-refractivity contribution in [3.63, 3.8) is 0 Å². The first-order valence-corrected chi connectivity index (χ1v) is 9.10. The second kappa shape index (κ2) is 6.25. The molecule has 0 bridgehead atoms. The molecule has 0 aromatic carbocycles. The van der Waals surface area contributed by atoms with E-state index >= 15 is 0 Å². The maximum absolute atomic E-state index is 12.9. The second-order valence-corrected chi connectivity index (χ2v) is 7.01. The van der Waals surface area contributed by atoms with Crippen molar-refractivity contribution in [1.82, 2.24) is 24.1 Å². The minimum absolute atomic E-state index is 0.0646. The molecule has 134 valence electrons. The minimum Gasteiger partial charge on any atom is -0.341 e. The minimum atomic E-state index is -0.0646. The molecule has 7 heteroatoms. The Labute approximate surface area is 160 Å². The standard InChI is InChI=1S/C20H16ClN5O/c21-15-3-4-16-10-18(23-26(16)12-15)20(27)24-8-9-25-17(13-24)5-6-19(25)14-2-1-7-22-11-14/h1-7,10-12H,8-9,13H2. The van der Waals surface area contributed by atoms with Crippen LogP contribution in [0.4, 0.5) is 0 Å². The largest absolute Gasteiger partial charge is 0.341 e. The van der Waals surface area contributed by atoms with Gasteiger partial charge in [0, 0.05) is 48.6 Å². The van der Waals surface area contributed by atoms with Gasteiger partial charge in [-0.2, -0.15) is 5.10 Å². The Morgan fingerprint density at radius 1 is 1.11 bits per heavy atom. The third-order valence-electron chi connectivity index (χ3n) is 4.90. The molecule has 1 aliphatic rings. The van der Waals surface area contributed by atoms with Crippen LogP contribution in [0, 0.1) is 0 Å². The van der Waals surface area contributed by atoms with Gasteiger partial charge in [0.1, 0.15) is 0 Å². The van der Waals surface area contributed by atoms with Gasteiger partial charge in [-0.15, -0.1) is 0 Å². The Hall–Kier alpha value is -3.12. The number of rotatable bonds is 2. The zero-order chi connectivity index (χ0) is 18.4. The number of nitrogens with zero attached hydrogens (tertiary/aromatic N) is 5. The lowest BCUT2D eigenvalue weighted by molar-refractivity contribution is 0.0705. The Morgan fingerprint density at radius 2 is 2.04 bits per heavy atom. The highest BCUT2D eigenvalue weighted by atomic mass is 35.5. The summed E-state index contributed by atoms with van der Waals surface area (Å²) in [5.41, 5.74) is 4.61. The van der Waals surface area contributed by atoms with Crippen molar-refractivity contribution >= 4 is 23.0 Å². The van der Waals surface area contributed by atoms with E-state index in [-0.39, 0.29) is 5.91 Å². The molecule has 5 rings (SSSR count). The molecule has 0 saturated carbocycles. The Balaban J connectivity index is 1.42. The summed E-state index contributed by atoms with van der Waals surface area (Å²) >= 11 is 6.00. The van der Waals surface area contributed by atoms with Crippen molar-refractivity contribution in [2.45, 2.75) is 13.1 Å². The molecule has 5 heterocycles. The molecule has 0 N–H and O–H groups in total. The number of aromatic nitrogens is 4. The van der Waals surface area contributed by atoms with Crippen molar-refractivity contribution < 1.29 is 4.79 Å². The maximum atomic E-state index is 12.9. The van der Waals surface area contributed by atoms with Crippen LogP contribution in [-0.2, 0) is 13.1 Å². The van der Waals surface area contributed by atoms with Gasteiger partial charge in [-0.05, 0) is 42.5 Å². The molecule has 4 aromatic heterocycles. The normalized spacial score (nSPS) is 13.7. The molecule has 0 fully saturated rings. The number of carbonyl (C=O) groups excluding carboxylic acids is 1. The van der Waals surface area contributed by atoms with Gasteiger partial charge < -0.3 is 9.47 Å². The van der Waals surface area contributed by atoms with Crippen LogP contribution in [0.25, 0.3) is 16.8 Å². The van der Waals surface area contributed by atoms with E-state index in [1.807, 2.05) is 23.2 Å². The zero-order valence-electron chi connectivity index (χ0n) is 14.4. The molecule has 0 aliphatic carbocycles. The summed E-state index contributed by atoms with van der Waals surface area (Å²) in [4.78, 5) is 19.0. The summed E-state index contributed by atoms with van der Waals surface area (Å²) in [5.74, 6) is -0.0646. The average molecular weight is 378 g/mol. The number of fused-ring (bicyclic) bond motifs is 2. The van der Waals surface area contributed by atoms with E-state index in [1.165, 1.54) is 0 Å². The molecule has 0 radical (unpaired) electrons. The number of halogens is 1. The molecule has 0 atom stereocenters.